The Balaban J connectivity index is 2.00. The summed E-state index contributed by atoms with van der Waals surface area (Å²) in [5.74, 6) is 0.485. The molecule has 5 nitrogen and oxygen atoms in total. The second-order valence-corrected chi connectivity index (χ2v) is 7.07. The van der Waals surface area contributed by atoms with E-state index < -0.39 is 0 Å². The Morgan fingerprint density at radius 3 is 2.75 bits per heavy atom. The SMILES string of the molecule is CC(C)CCC[C@@H](C)NC(=O)Cn1cnc2ccc(Cl)cc2c1=O. The second-order valence-electron chi connectivity index (χ2n) is 6.63. The number of fused-ring (bicyclic) bond motifs is 1. The Kier molecular flexibility index (Phi) is 6.37. The molecule has 24 heavy (non-hydrogen) atoms. The van der Waals surface area contributed by atoms with E-state index in [0.29, 0.717) is 21.8 Å². The number of amides is 1. The number of nitrogens with one attached hydrogen (secondary N) is 1. The van der Waals surface area contributed by atoms with Crippen LogP contribution in [0.25, 0.3) is 10.9 Å². The first-order valence-electron chi connectivity index (χ1n) is 8.31. The predicted molar refractivity (Wildman–Crippen MR) is 97.3 cm³/mol. The predicted octanol–water partition coefficient (Wildman–Crippen LogP) is 3.38. The average Bonchev–Trinajstić information content (AvgIpc) is 2.50. The fourth-order valence-corrected chi connectivity index (χ4v) is 2.80. The van der Waals surface area contributed by atoms with Crippen LogP contribution in [0.2, 0.25) is 5.02 Å². The van der Waals surface area contributed by atoms with Crippen LogP contribution in [0.15, 0.2) is 29.3 Å². The van der Waals surface area contributed by atoms with Gasteiger partial charge in [-0.15, -0.1) is 0 Å². The minimum absolute atomic E-state index is 0.0389. The van der Waals surface area contributed by atoms with E-state index >= 15 is 0 Å². The van der Waals surface area contributed by atoms with Gasteiger partial charge in [0, 0.05) is 11.1 Å². The van der Waals surface area contributed by atoms with Crippen molar-refractivity contribution in [3.63, 3.8) is 0 Å². The third kappa shape index (κ3) is 5.06. The number of hydrogen-bond donors (Lipinski definition) is 1. The highest BCUT2D eigenvalue weighted by Gasteiger charge is 2.11. The standard InChI is InChI=1S/C18H24ClN3O2/c1-12(2)5-4-6-13(3)21-17(23)10-22-11-20-16-8-7-14(19)9-15(16)18(22)24/h7-9,11-13H,4-6,10H2,1-3H3,(H,21,23)/t13-/m1/s1. The minimum Gasteiger partial charge on any atom is -0.352 e. The third-order valence-corrected chi connectivity index (χ3v) is 4.16. The fraction of sp³-hybridized carbons (Fsp3) is 0.500. The molecule has 0 saturated heterocycles. The van der Waals surface area contributed by atoms with Crippen molar-refractivity contribution < 1.29 is 4.79 Å². The van der Waals surface area contributed by atoms with E-state index in [9.17, 15) is 9.59 Å². The van der Waals surface area contributed by atoms with E-state index in [1.54, 1.807) is 18.2 Å². The maximum Gasteiger partial charge on any atom is 0.261 e. The Bertz CT molecular complexity index is 770. The van der Waals surface area contributed by atoms with Gasteiger partial charge in [0.2, 0.25) is 5.91 Å². The molecule has 0 fully saturated rings. The van der Waals surface area contributed by atoms with Crippen molar-refractivity contribution in [2.75, 3.05) is 0 Å². The van der Waals surface area contributed by atoms with Gasteiger partial charge in [0.15, 0.2) is 0 Å². The Labute approximate surface area is 147 Å². The van der Waals surface area contributed by atoms with Crippen LogP contribution in [0.4, 0.5) is 0 Å². The summed E-state index contributed by atoms with van der Waals surface area (Å²) in [6, 6.07) is 5.05. The van der Waals surface area contributed by atoms with E-state index in [1.807, 2.05) is 6.92 Å². The maximum absolute atomic E-state index is 12.4. The van der Waals surface area contributed by atoms with Crippen molar-refractivity contribution in [2.24, 2.45) is 5.92 Å². The molecule has 0 unspecified atom stereocenters. The molecular formula is C18H24ClN3O2. The molecule has 0 saturated carbocycles. The molecule has 1 aromatic carbocycles. The summed E-state index contributed by atoms with van der Waals surface area (Å²) in [6.45, 7) is 6.32. The van der Waals surface area contributed by atoms with E-state index in [-0.39, 0.29) is 24.1 Å². The number of hydrogen-bond acceptors (Lipinski definition) is 3. The van der Waals surface area contributed by atoms with Crippen molar-refractivity contribution in [3.05, 3.63) is 39.9 Å². The number of benzene rings is 1. The highest BCUT2D eigenvalue weighted by molar-refractivity contribution is 6.31. The zero-order valence-electron chi connectivity index (χ0n) is 14.4. The number of rotatable bonds is 7. The lowest BCUT2D eigenvalue weighted by Gasteiger charge is -2.15. The molecule has 0 aliphatic heterocycles. The summed E-state index contributed by atoms with van der Waals surface area (Å²) in [6.07, 6.45) is 4.57. The molecule has 0 bridgehead atoms. The molecule has 2 rings (SSSR count). The van der Waals surface area contributed by atoms with Gasteiger partial charge in [-0.3, -0.25) is 14.2 Å². The van der Waals surface area contributed by atoms with E-state index in [2.05, 4.69) is 24.1 Å². The lowest BCUT2D eigenvalue weighted by atomic mass is 10.0. The summed E-state index contributed by atoms with van der Waals surface area (Å²) < 4.78 is 1.31. The Morgan fingerprint density at radius 2 is 2.04 bits per heavy atom. The molecule has 0 aliphatic rings. The van der Waals surface area contributed by atoms with Crippen molar-refractivity contribution in [2.45, 2.75) is 52.6 Å². The first kappa shape index (κ1) is 18.5. The van der Waals surface area contributed by atoms with Gasteiger partial charge in [0.25, 0.3) is 5.56 Å². The van der Waals surface area contributed by atoms with Crippen LogP contribution in [-0.2, 0) is 11.3 Å². The van der Waals surface area contributed by atoms with Gasteiger partial charge in [0.1, 0.15) is 6.54 Å². The average molecular weight is 350 g/mol. The molecule has 2 aromatic rings. The summed E-state index contributed by atoms with van der Waals surface area (Å²) in [7, 11) is 0. The van der Waals surface area contributed by atoms with Crippen LogP contribution in [0.1, 0.15) is 40.0 Å². The van der Waals surface area contributed by atoms with Gasteiger partial charge in [-0.05, 0) is 37.5 Å². The number of halogens is 1. The van der Waals surface area contributed by atoms with Crippen LogP contribution < -0.4 is 10.9 Å². The molecule has 1 amide bonds. The molecular weight excluding hydrogens is 326 g/mol. The van der Waals surface area contributed by atoms with Crippen molar-refractivity contribution in [1.29, 1.82) is 0 Å². The molecule has 1 heterocycles. The number of nitrogens with zero attached hydrogens (tertiary/aromatic N) is 2. The Morgan fingerprint density at radius 1 is 1.29 bits per heavy atom. The molecule has 1 aromatic heterocycles. The highest BCUT2D eigenvalue weighted by Crippen LogP contribution is 2.14. The van der Waals surface area contributed by atoms with Gasteiger partial charge < -0.3 is 5.32 Å². The fourth-order valence-electron chi connectivity index (χ4n) is 2.62. The first-order valence-corrected chi connectivity index (χ1v) is 8.68. The normalized spacial score (nSPS) is 12.5. The van der Waals surface area contributed by atoms with Gasteiger partial charge in [-0.1, -0.05) is 38.3 Å². The van der Waals surface area contributed by atoms with Crippen LogP contribution in [0.5, 0.6) is 0 Å². The summed E-state index contributed by atoms with van der Waals surface area (Å²) in [5.41, 5.74) is 0.313. The number of carbonyl (C=O) groups excluding carboxylic acids is 1. The molecule has 0 aliphatic carbocycles. The molecule has 1 N–H and O–H groups in total. The van der Waals surface area contributed by atoms with Crippen molar-refractivity contribution >= 4 is 28.4 Å². The van der Waals surface area contributed by atoms with Crippen LogP contribution in [0.3, 0.4) is 0 Å². The van der Waals surface area contributed by atoms with Crippen LogP contribution in [0, 0.1) is 5.92 Å². The summed E-state index contributed by atoms with van der Waals surface area (Å²) in [5, 5.41) is 3.83. The molecule has 0 spiro atoms. The van der Waals surface area contributed by atoms with E-state index in [0.717, 1.165) is 19.3 Å². The second kappa shape index (κ2) is 8.29. The van der Waals surface area contributed by atoms with Crippen LogP contribution in [-0.4, -0.2) is 21.5 Å². The molecule has 1 atom stereocenters. The third-order valence-electron chi connectivity index (χ3n) is 3.93. The zero-order valence-corrected chi connectivity index (χ0v) is 15.1. The Hall–Kier alpha value is -1.88. The largest absolute Gasteiger partial charge is 0.352 e. The highest BCUT2D eigenvalue weighted by atomic mass is 35.5. The summed E-state index contributed by atoms with van der Waals surface area (Å²) >= 11 is 5.93. The van der Waals surface area contributed by atoms with Gasteiger partial charge in [-0.2, -0.15) is 0 Å². The first-order chi connectivity index (χ1) is 11.4. The topological polar surface area (TPSA) is 64.0 Å². The van der Waals surface area contributed by atoms with Gasteiger partial charge in [0.05, 0.1) is 17.2 Å². The van der Waals surface area contributed by atoms with Gasteiger partial charge in [-0.25, -0.2) is 4.98 Å². The maximum atomic E-state index is 12.4. The van der Waals surface area contributed by atoms with Crippen molar-refractivity contribution in [3.8, 4) is 0 Å². The summed E-state index contributed by atoms with van der Waals surface area (Å²) in [4.78, 5) is 28.8. The number of carbonyl (C=O) groups is 1. The molecule has 6 heteroatoms. The van der Waals surface area contributed by atoms with Gasteiger partial charge >= 0.3 is 0 Å². The molecule has 0 radical (unpaired) electrons. The smallest absolute Gasteiger partial charge is 0.261 e. The monoisotopic (exact) mass is 349 g/mol. The quantitative estimate of drug-likeness (QED) is 0.833. The van der Waals surface area contributed by atoms with E-state index in [4.69, 9.17) is 11.6 Å². The lowest BCUT2D eigenvalue weighted by molar-refractivity contribution is -0.122. The lowest BCUT2D eigenvalue weighted by Crippen LogP contribution is -2.37. The van der Waals surface area contributed by atoms with Crippen LogP contribution >= 0.6 is 11.6 Å². The zero-order chi connectivity index (χ0) is 17.7. The van der Waals surface area contributed by atoms with E-state index in [1.165, 1.54) is 10.9 Å². The minimum atomic E-state index is -0.259. The van der Waals surface area contributed by atoms with Crippen molar-refractivity contribution in [1.82, 2.24) is 14.9 Å². The number of aromatic nitrogens is 2. The molecule has 130 valence electrons.